The molecule has 0 amide bonds. The smallest absolute Gasteiger partial charge is 0.259 e. The number of benzene rings is 2. The van der Waals surface area contributed by atoms with E-state index in [0.717, 1.165) is 35.8 Å². The van der Waals surface area contributed by atoms with Gasteiger partial charge in [-0.1, -0.05) is 55.3 Å². The molecule has 2 aromatic carbocycles. The molecule has 8 heteroatoms. The summed E-state index contributed by atoms with van der Waals surface area (Å²) in [5, 5.41) is 3.78. The fourth-order valence-corrected chi connectivity index (χ4v) is 5.62. The first-order chi connectivity index (χ1) is 16.5. The highest BCUT2D eigenvalue weighted by atomic mass is 32.2. The number of aryl methyl sites for hydroxylation is 1. The average Bonchev–Trinajstić information content (AvgIpc) is 3.56. The minimum atomic E-state index is -3.67. The molecular weight excluding hydrogens is 448 g/mol. The summed E-state index contributed by atoms with van der Waals surface area (Å²) in [6.07, 6.45) is 7.82. The van der Waals surface area contributed by atoms with Crippen molar-refractivity contribution in [1.29, 1.82) is 0 Å². The van der Waals surface area contributed by atoms with Gasteiger partial charge in [0, 0.05) is 31.7 Å². The lowest BCUT2D eigenvalue weighted by molar-refractivity contribution is 0.211. The normalized spacial score (nSPS) is 20.0. The summed E-state index contributed by atoms with van der Waals surface area (Å²) in [4.78, 5) is 3.97. The van der Waals surface area contributed by atoms with Crippen molar-refractivity contribution in [3.8, 4) is 5.75 Å². The minimum Gasteiger partial charge on any atom is -0.492 e. The summed E-state index contributed by atoms with van der Waals surface area (Å²) >= 11 is 0. The minimum absolute atomic E-state index is 0.0261. The molecule has 0 radical (unpaired) electrons. The molecule has 2 atom stereocenters. The van der Waals surface area contributed by atoms with Gasteiger partial charge in [-0.2, -0.15) is 0 Å². The zero-order valence-electron chi connectivity index (χ0n) is 19.5. The van der Waals surface area contributed by atoms with Crippen LogP contribution in [0.15, 0.2) is 66.1 Å². The predicted molar refractivity (Wildman–Crippen MR) is 131 cm³/mol. The third-order valence-electron chi connectivity index (χ3n) is 6.76. The van der Waals surface area contributed by atoms with Gasteiger partial charge in [-0.25, -0.2) is 18.1 Å². The molecule has 3 aromatic rings. The molecule has 2 N–H and O–H groups in total. The van der Waals surface area contributed by atoms with Crippen LogP contribution in [0.1, 0.15) is 41.9 Å². The van der Waals surface area contributed by atoms with Gasteiger partial charge in [0.1, 0.15) is 12.4 Å². The number of nitrogens with one attached hydrogen (secondary N) is 2. The standard InChI is InChI=1S/C26H32N4O3S/c1-30-16-26(28-18-30)34(31,32)29-15-21-9-10-25-23(14-21)22(13-20-5-3-2-4-6-20)24(17-33-25)27-12-11-19-7-8-19/h2-6,9-10,14,16,18-19,22,24,27,29H,7-8,11-13,15,17H2,1H3. The molecule has 2 unspecified atom stereocenters. The number of hydrogen-bond donors (Lipinski definition) is 2. The molecular formula is C26H32N4O3S. The zero-order valence-corrected chi connectivity index (χ0v) is 20.3. The van der Waals surface area contributed by atoms with Crippen molar-refractivity contribution in [1.82, 2.24) is 19.6 Å². The second-order valence-electron chi connectivity index (χ2n) is 9.47. The lowest BCUT2D eigenvalue weighted by atomic mass is 9.83. The number of fused-ring (bicyclic) bond motifs is 1. The SMILES string of the molecule is Cn1cnc(S(=O)(=O)NCc2ccc3c(c2)C(Cc2ccccc2)C(NCCC2CC2)CO3)c1. The Hall–Kier alpha value is -2.68. The van der Waals surface area contributed by atoms with Crippen LogP contribution in [0.2, 0.25) is 0 Å². The van der Waals surface area contributed by atoms with E-state index >= 15 is 0 Å². The van der Waals surface area contributed by atoms with Gasteiger partial charge in [0.05, 0.1) is 6.33 Å². The molecule has 1 fully saturated rings. The van der Waals surface area contributed by atoms with E-state index in [2.05, 4.69) is 45.4 Å². The Kier molecular flexibility index (Phi) is 6.72. The van der Waals surface area contributed by atoms with Crippen LogP contribution in [0.5, 0.6) is 5.75 Å². The van der Waals surface area contributed by atoms with Crippen molar-refractivity contribution in [2.24, 2.45) is 13.0 Å². The first kappa shape index (κ1) is 23.1. The summed E-state index contributed by atoms with van der Waals surface area (Å²) in [6.45, 7) is 1.84. The topological polar surface area (TPSA) is 85.2 Å². The molecule has 2 aliphatic rings. The quantitative estimate of drug-likeness (QED) is 0.465. The molecule has 1 aliphatic heterocycles. The number of ether oxygens (including phenoxy) is 1. The van der Waals surface area contributed by atoms with Gasteiger partial charge < -0.3 is 14.6 Å². The van der Waals surface area contributed by atoms with Gasteiger partial charge in [0.15, 0.2) is 5.03 Å². The maximum Gasteiger partial charge on any atom is 0.259 e. The Morgan fingerprint density at radius 3 is 2.68 bits per heavy atom. The second kappa shape index (κ2) is 9.90. The number of aromatic nitrogens is 2. The summed E-state index contributed by atoms with van der Waals surface area (Å²) in [7, 11) is -1.92. The molecule has 180 valence electrons. The number of nitrogens with zero attached hydrogens (tertiary/aromatic N) is 2. The van der Waals surface area contributed by atoms with Crippen molar-refractivity contribution in [3.63, 3.8) is 0 Å². The Labute approximate surface area is 201 Å². The van der Waals surface area contributed by atoms with Gasteiger partial charge in [0.2, 0.25) is 0 Å². The molecule has 1 saturated carbocycles. The average molecular weight is 481 g/mol. The number of imidazole rings is 1. The van der Waals surface area contributed by atoms with Crippen LogP contribution in [-0.2, 0) is 30.0 Å². The number of sulfonamides is 1. The van der Waals surface area contributed by atoms with E-state index in [-0.39, 0.29) is 23.5 Å². The van der Waals surface area contributed by atoms with Crippen LogP contribution >= 0.6 is 0 Å². The molecule has 0 spiro atoms. The van der Waals surface area contributed by atoms with E-state index in [1.807, 2.05) is 18.2 Å². The summed E-state index contributed by atoms with van der Waals surface area (Å²) < 4.78 is 35.7. The Morgan fingerprint density at radius 1 is 1.12 bits per heavy atom. The maximum atomic E-state index is 12.6. The van der Waals surface area contributed by atoms with E-state index in [9.17, 15) is 8.42 Å². The monoisotopic (exact) mass is 480 g/mol. The summed E-state index contributed by atoms with van der Waals surface area (Å²) in [5.74, 6) is 2.02. The molecule has 2 heterocycles. The largest absolute Gasteiger partial charge is 0.492 e. The summed E-state index contributed by atoms with van der Waals surface area (Å²) in [6, 6.07) is 16.7. The van der Waals surface area contributed by atoms with Crippen molar-refractivity contribution in [2.45, 2.75) is 49.2 Å². The highest BCUT2D eigenvalue weighted by Crippen LogP contribution is 2.37. The molecule has 5 rings (SSSR count). The van der Waals surface area contributed by atoms with Crippen LogP contribution in [-0.4, -0.2) is 37.2 Å². The van der Waals surface area contributed by atoms with Crippen LogP contribution < -0.4 is 14.8 Å². The fraction of sp³-hybridized carbons (Fsp3) is 0.423. The third kappa shape index (κ3) is 5.51. The number of hydrogen-bond acceptors (Lipinski definition) is 5. The van der Waals surface area contributed by atoms with Crippen molar-refractivity contribution < 1.29 is 13.2 Å². The molecule has 1 aliphatic carbocycles. The third-order valence-corrected chi connectivity index (χ3v) is 8.04. The zero-order chi connectivity index (χ0) is 23.5. The number of rotatable bonds is 10. The summed E-state index contributed by atoms with van der Waals surface area (Å²) in [5.41, 5.74) is 3.32. The van der Waals surface area contributed by atoms with Gasteiger partial charge in [0.25, 0.3) is 10.0 Å². The van der Waals surface area contributed by atoms with Crippen molar-refractivity contribution in [3.05, 3.63) is 77.7 Å². The maximum absolute atomic E-state index is 12.6. The first-order valence-electron chi connectivity index (χ1n) is 12.0. The van der Waals surface area contributed by atoms with E-state index in [1.54, 1.807) is 11.6 Å². The molecule has 7 nitrogen and oxygen atoms in total. The Bertz CT molecular complexity index is 1220. The highest BCUT2D eigenvalue weighted by molar-refractivity contribution is 7.89. The van der Waals surface area contributed by atoms with Gasteiger partial charge >= 0.3 is 0 Å². The van der Waals surface area contributed by atoms with Gasteiger partial charge in [-0.15, -0.1) is 0 Å². The molecule has 0 bridgehead atoms. The van der Waals surface area contributed by atoms with Crippen LogP contribution in [0, 0.1) is 5.92 Å². The molecule has 0 saturated heterocycles. The van der Waals surface area contributed by atoms with Crippen LogP contribution in [0.4, 0.5) is 0 Å². The Balaban J connectivity index is 1.35. The molecule has 1 aromatic heterocycles. The second-order valence-corrected chi connectivity index (χ2v) is 11.2. The van der Waals surface area contributed by atoms with Gasteiger partial charge in [-0.05, 0) is 48.1 Å². The fourth-order valence-electron chi connectivity index (χ4n) is 4.62. The lowest BCUT2D eigenvalue weighted by Crippen LogP contribution is -2.44. The predicted octanol–water partition coefficient (Wildman–Crippen LogP) is 3.38. The van der Waals surface area contributed by atoms with Crippen molar-refractivity contribution in [2.75, 3.05) is 13.2 Å². The molecule has 34 heavy (non-hydrogen) atoms. The first-order valence-corrected chi connectivity index (χ1v) is 13.5. The van der Waals surface area contributed by atoms with Crippen LogP contribution in [0.3, 0.4) is 0 Å². The Morgan fingerprint density at radius 2 is 1.94 bits per heavy atom. The van der Waals surface area contributed by atoms with E-state index in [0.29, 0.717) is 6.61 Å². The lowest BCUT2D eigenvalue weighted by Gasteiger charge is -2.35. The van der Waals surface area contributed by atoms with Crippen molar-refractivity contribution >= 4 is 10.0 Å². The van der Waals surface area contributed by atoms with Gasteiger partial charge in [-0.3, -0.25) is 0 Å². The van der Waals surface area contributed by atoms with E-state index < -0.39 is 10.0 Å². The van der Waals surface area contributed by atoms with Crippen LogP contribution in [0.25, 0.3) is 0 Å². The van der Waals surface area contributed by atoms with E-state index in [1.165, 1.54) is 37.4 Å². The highest BCUT2D eigenvalue weighted by Gasteiger charge is 2.32. The van der Waals surface area contributed by atoms with E-state index in [4.69, 9.17) is 4.74 Å².